The number of amides is 2. The Hall–Kier alpha value is -2.53. The fourth-order valence-corrected chi connectivity index (χ4v) is 3.26. The van der Waals surface area contributed by atoms with Crippen molar-refractivity contribution in [2.24, 2.45) is 0 Å². The first-order valence-electron chi connectivity index (χ1n) is 10.7. The molecule has 0 aliphatic heterocycles. The third-order valence-corrected chi connectivity index (χ3v) is 5.02. The van der Waals surface area contributed by atoms with Gasteiger partial charge in [-0.15, -0.1) is 0 Å². The van der Waals surface area contributed by atoms with Crippen LogP contribution in [0, 0.1) is 0 Å². The van der Waals surface area contributed by atoms with Crippen LogP contribution < -0.4 is 10.1 Å². The molecule has 0 saturated carbocycles. The van der Waals surface area contributed by atoms with Gasteiger partial charge in [0.1, 0.15) is 11.8 Å². The van der Waals surface area contributed by atoms with Gasteiger partial charge >= 0.3 is 0 Å². The second-order valence-corrected chi connectivity index (χ2v) is 9.08. The number of halogens is 1. The van der Waals surface area contributed by atoms with Gasteiger partial charge in [-0.1, -0.05) is 41.9 Å². The van der Waals surface area contributed by atoms with Crippen LogP contribution in [0.1, 0.15) is 46.1 Å². The number of carbonyl (C=O) groups is 2. The van der Waals surface area contributed by atoms with Gasteiger partial charge in [-0.25, -0.2) is 0 Å². The Morgan fingerprint density at radius 3 is 2.32 bits per heavy atom. The summed E-state index contributed by atoms with van der Waals surface area (Å²) in [6.07, 6.45) is 1.58. The van der Waals surface area contributed by atoms with E-state index in [1.807, 2.05) is 51.1 Å². The van der Waals surface area contributed by atoms with Crippen LogP contribution in [0.3, 0.4) is 0 Å². The Balaban J connectivity index is 1.95. The summed E-state index contributed by atoms with van der Waals surface area (Å²) in [5.74, 6) is 0.522. The van der Waals surface area contributed by atoms with Gasteiger partial charge in [0.15, 0.2) is 0 Å². The zero-order valence-corrected chi connectivity index (χ0v) is 19.6. The van der Waals surface area contributed by atoms with Crippen LogP contribution in [0.4, 0.5) is 0 Å². The zero-order valence-electron chi connectivity index (χ0n) is 18.9. The van der Waals surface area contributed by atoms with Crippen molar-refractivity contribution in [1.82, 2.24) is 10.2 Å². The van der Waals surface area contributed by atoms with Crippen LogP contribution in [0.15, 0.2) is 54.6 Å². The van der Waals surface area contributed by atoms with Crippen molar-refractivity contribution in [3.05, 3.63) is 65.2 Å². The first-order valence-corrected chi connectivity index (χ1v) is 11.1. The summed E-state index contributed by atoms with van der Waals surface area (Å²) in [6, 6.07) is 16.6. The quantitative estimate of drug-likeness (QED) is 0.531. The molecule has 168 valence electrons. The van der Waals surface area contributed by atoms with Crippen molar-refractivity contribution >= 4 is 23.4 Å². The van der Waals surface area contributed by atoms with E-state index in [-0.39, 0.29) is 17.4 Å². The Bertz CT molecular complexity index is 832. The van der Waals surface area contributed by atoms with E-state index < -0.39 is 6.04 Å². The maximum atomic E-state index is 13.0. The predicted molar refractivity (Wildman–Crippen MR) is 125 cm³/mol. The Morgan fingerprint density at radius 2 is 1.71 bits per heavy atom. The molecule has 1 unspecified atom stereocenters. The molecule has 6 heteroatoms. The monoisotopic (exact) mass is 444 g/mol. The van der Waals surface area contributed by atoms with Crippen molar-refractivity contribution in [1.29, 1.82) is 0 Å². The highest BCUT2D eigenvalue weighted by Crippen LogP contribution is 2.16. The molecule has 0 bridgehead atoms. The van der Waals surface area contributed by atoms with E-state index in [1.54, 1.807) is 36.1 Å². The van der Waals surface area contributed by atoms with Gasteiger partial charge in [0, 0.05) is 23.5 Å². The first-order chi connectivity index (χ1) is 14.7. The molecule has 0 aliphatic rings. The molecular weight excluding hydrogens is 412 g/mol. The van der Waals surface area contributed by atoms with Crippen LogP contribution >= 0.6 is 11.6 Å². The molecule has 0 saturated heterocycles. The van der Waals surface area contributed by atoms with Crippen LogP contribution in [-0.4, -0.2) is 41.4 Å². The standard InChI is InChI=1S/C25H33ClN2O3/c1-19(24(30)27-25(2,3)4)28(17-16-20-9-6-5-7-10-20)23(29)11-8-18-31-22-14-12-21(26)13-15-22/h5-7,9-10,12-15,19H,8,11,16-18H2,1-4H3,(H,27,30). The molecule has 0 heterocycles. The van der Waals surface area contributed by atoms with E-state index >= 15 is 0 Å². The minimum absolute atomic E-state index is 0.0489. The van der Waals surface area contributed by atoms with E-state index in [2.05, 4.69) is 5.32 Å². The number of hydrogen-bond acceptors (Lipinski definition) is 3. The maximum absolute atomic E-state index is 13.0. The van der Waals surface area contributed by atoms with Crippen LogP contribution in [0.5, 0.6) is 5.75 Å². The largest absolute Gasteiger partial charge is 0.494 e. The molecule has 2 rings (SSSR count). The summed E-state index contributed by atoms with van der Waals surface area (Å²) in [7, 11) is 0. The first kappa shape index (κ1) is 24.7. The number of hydrogen-bond donors (Lipinski definition) is 1. The highest BCUT2D eigenvalue weighted by atomic mass is 35.5. The summed E-state index contributed by atoms with van der Waals surface area (Å²) in [5.41, 5.74) is 0.779. The Labute approximate surface area is 190 Å². The summed E-state index contributed by atoms with van der Waals surface area (Å²) in [4.78, 5) is 27.4. The van der Waals surface area contributed by atoms with Crippen molar-refractivity contribution in [3.8, 4) is 5.75 Å². The number of ether oxygens (including phenoxy) is 1. The molecule has 0 aliphatic carbocycles. The number of nitrogens with one attached hydrogen (secondary N) is 1. The molecule has 1 atom stereocenters. The van der Waals surface area contributed by atoms with Gasteiger partial charge in [0.05, 0.1) is 6.61 Å². The molecule has 2 amide bonds. The summed E-state index contributed by atoms with van der Waals surface area (Å²) in [5, 5.41) is 3.63. The number of benzene rings is 2. The molecule has 31 heavy (non-hydrogen) atoms. The Kier molecular flexibility index (Phi) is 9.38. The maximum Gasteiger partial charge on any atom is 0.242 e. The van der Waals surface area contributed by atoms with Crippen molar-refractivity contribution in [2.45, 2.75) is 58.5 Å². The average Bonchev–Trinajstić information content (AvgIpc) is 2.72. The summed E-state index contributed by atoms with van der Waals surface area (Å²) in [6.45, 7) is 8.49. The lowest BCUT2D eigenvalue weighted by molar-refractivity contribution is -0.140. The van der Waals surface area contributed by atoms with Gasteiger partial charge in [-0.2, -0.15) is 0 Å². The molecule has 0 spiro atoms. The number of rotatable bonds is 10. The minimum Gasteiger partial charge on any atom is -0.494 e. The molecule has 2 aromatic rings. The third kappa shape index (κ3) is 9.01. The smallest absolute Gasteiger partial charge is 0.242 e. The molecule has 1 N–H and O–H groups in total. The highest BCUT2D eigenvalue weighted by molar-refractivity contribution is 6.30. The van der Waals surface area contributed by atoms with Crippen molar-refractivity contribution in [2.75, 3.05) is 13.2 Å². The van der Waals surface area contributed by atoms with Crippen LogP contribution in [-0.2, 0) is 16.0 Å². The molecular formula is C25H33ClN2O3. The van der Waals surface area contributed by atoms with E-state index in [0.29, 0.717) is 37.4 Å². The van der Waals surface area contributed by atoms with Gasteiger partial charge in [0.25, 0.3) is 0 Å². The lowest BCUT2D eigenvalue weighted by atomic mass is 10.1. The number of nitrogens with zero attached hydrogens (tertiary/aromatic N) is 1. The fraction of sp³-hybridized carbons (Fsp3) is 0.440. The lowest BCUT2D eigenvalue weighted by Gasteiger charge is -2.31. The van der Waals surface area contributed by atoms with Gasteiger partial charge in [0.2, 0.25) is 11.8 Å². The fourth-order valence-electron chi connectivity index (χ4n) is 3.13. The second kappa shape index (κ2) is 11.8. The molecule has 0 aromatic heterocycles. The molecule has 0 radical (unpaired) electrons. The average molecular weight is 445 g/mol. The topological polar surface area (TPSA) is 58.6 Å². The Morgan fingerprint density at radius 1 is 1.06 bits per heavy atom. The van der Waals surface area contributed by atoms with E-state index in [9.17, 15) is 9.59 Å². The second-order valence-electron chi connectivity index (χ2n) is 8.64. The van der Waals surface area contributed by atoms with Gasteiger partial charge in [-0.05, 0) is 70.4 Å². The van der Waals surface area contributed by atoms with E-state index in [4.69, 9.17) is 16.3 Å². The van der Waals surface area contributed by atoms with Gasteiger partial charge in [-0.3, -0.25) is 9.59 Å². The van der Waals surface area contributed by atoms with Crippen LogP contribution in [0.2, 0.25) is 5.02 Å². The molecule has 2 aromatic carbocycles. The highest BCUT2D eigenvalue weighted by Gasteiger charge is 2.27. The van der Waals surface area contributed by atoms with Crippen molar-refractivity contribution < 1.29 is 14.3 Å². The minimum atomic E-state index is -0.548. The molecule has 0 fully saturated rings. The number of carbonyl (C=O) groups excluding carboxylic acids is 2. The van der Waals surface area contributed by atoms with E-state index in [0.717, 1.165) is 11.3 Å². The normalized spacial score (nSPS) is 12.2. The van der Waals surface area contributed by atoms with Gasteiger partial charge < -0.3 is 15.0 Å². The zero-order chi connectivity index (χ0) is 22.9. The SMILES string of the molecule is CC(C(=O)NC(C)(C)C)N(CCc1ccccc1)C(=O)CCCOc1ccc(Cl)cc1. The predicted octanol–water partition coefficient (Wildman–Crippen LogP) is 4.87. The molecule has 5 nitrogen and oxygen atoms in total. The van der Waals surface area contributed by atoms with Crippen LogP contribution in [0.25, 0.3) is 0 Å². The van der Waals surface area contributed by atoms with E-state index in [1.165, 1.54) is 0 Å². The third-order valence-electron chi connectivity index (χ3n) is 4.77. The summed E-state index contributed by atoms with van der Waals surface area (Å²) >= 11 is 5.88. The summed E-state index contributed by atoms with van der Waals surface area (Å²) < 4.78 is 5.69. The van der Waals surface area contributed by atoms with Crippen molar-refractivity contribution in [3.63, 3.8) is 0 Å². The lowest BCUT2D eigenvalue weighted by Crippen LogP contribution is -2.53.